The minimum Gasteiger partial charge on any atom is -0.485 e. The normalized spacial score (nSPS) is 16.3. The molecule has 0 amide bonds. The van der Waals surface area contributed by atoms with E-state index >= 15 is 0 Å². The van der Waals surface area contributed by atoms with E-state index in [-0.39, 0.29) is 6.10 Å². The van der Waals surface area contributed by atoms with Crippen molar-refractivity contribution in [2.75, 3.05) is 6.61 Å². The van der Waals surface area contributed by atoms with E-state index in [1.165, 1.54) is 0 Å². The lowest BCUT2D eigenvalue weighted by molar-refractivity contribution is 0.0852. The van der Waals surface area contributed by atoms with Crippen LogP contribution in [0.5, 0.6) is 11.5 Å². The maximum Gasteiger partial charge on any atom is 0.253 e. The number of benzene rings is 1. The molecule has 3 aromatic heterocycles. The molecule has 0 saturated carbocycles. The van der Waals surface area contributed by atoms with E-state index in [0.717, 1.165) is 20.1 Å². The van der Waals surface area contributed by atoms with Gasteiger partial charge in [-0.25, -0.2) is 4.98 Å². The van der Waals surface area contributed by atoms with Crippen LogP contribution in [0, 0.1) is 0 Å². The molecule has 4 aromatic rings. The molecule has 0 spiro atoms. The van der Waals surface area contributed by atoms with Crippen LogP contribution in [0.25, 0.3) is 16.3 Å². The highest BCUT2D eigenvalue weighted by Gasteiger charge is 2.26. The smallest absolute Gasteiger partial charge is 0.253 e. The topological polar surface area (TPSA) is 61.5 Å². The molecular weight excluding hydrogens is 404 g/mol. The fraction of sp³-hybridized carbons (Fsp3) is 0.118. The van der Waals surface area contributed by atoms with Crippen molar-refractivity contribution in [3.8, 4) is 22.1 Å². The molecule has 1 aliphatic rings. The Morgan fingerprint density at radius 3 is 2.84 bits per heavy atom. The Morgan fingerprint density at radius 1 is 1.12 bits per heavy atom. The lowest BCUT2D eigenvalue weighted by Crippen LogP contribution is -2.22. The second-order valence-electron chi connectivity index (χ2n) is 5.48. The number of hydrogen-bond acceptors (Lipinski definition) is 6. The average Bonchev–Trinajstić information content (AvgIpc) is 3.27. The SMILES string of the molecule is Brc1ccc(-c2ccnc3nc([C@H]4COc5ccccc5O4)nn23)s1. The molecule has 0 unspecified atom stereocenters. The third-order valence-corrected chi connectivity index (χ3v) is 5.53. The van der Waals surface area contributed by atoms with Gasteiger partial charge in [0.2, 0.25) is 0 Å². The number of aromatic nitrogens is 4. The second-order valence-corrected chi connectivity index (χ2v) is 7.94. The van der Waals surface area contributed by atoms with Crippen LogP contribution in [0.3, 0.4) is 0 Å². The van der Waals surface area contributed by atoms with Crippen molar-refractivity contribution in [2.24, 2.45) is 0 Å². The van der Waals surface area contributed by atoms with Crippen LogP contribution in [0.4, 0.5) is 0 Å². The van der Waals surface area contributed by atoms with E-state index in [0.29, 0.717) is 24.0 Å². The molecule has 124 valence electrons. The first kappa shape index (κ1) is 14.9. The van der Waals surface area contributed by atoms with Gasteiger partial charge in [-0.05, 0) is 46.3 Å². The van der Waals surface area contributed by atoms with E-state index in [9.17, 15) is 0 Å². The summed E-state index contributed by atoms with van der Waals surface area (Å²) in [6, 6.07) is 13.6. The van der Waals surface area contributed by atoms with Gasteiger partial charge < -0.3 is 9.47 Å². The number of halogens is 1. The monoisotopic (exact) mass is 414 g/mol. The molecule has 6 nitrogen and oxygen atoms in total. The van der Waals surface area contributed by atoms with Crippen molar-refractivity contribution < 1.29 is 9.47 Å². The summed E-state index contributed by atoms with van der Waals surface area (Å²) in [4.78, 5) is 9.94. The van der Waals surface area contributed by atoms with Crippen LogP contribution in [0.1, 0.15) is 11.9 Å². The summed E-state index contributed by atoms with van der Waals surface area (Å²) in [5.74, 6) is 2.54. The zero-order valence-corrected chi connectivity index (χ0v) is 15.2. The molecule has 0 radical (unpaired) electrons. The Morgan fingerprint density at radius 2 is 2.00 bits per heavy atom. The van der Waals surface area contributed by atoms with E-state index in [2.05, 4.69) is 31.0 Å². The minimum absolute atomic E-state index is 0.362. The molecule has 8 heteroatoms. The molecule has 1 aromatic carbocycles. The lowest BCUT2D eigenvalue weighted by Gasteiger charge is -2.24. The number of nitrogens with zero attached hydrogens (tertiary/aromatic N) is 4. The first-order valence-corrected chi connectivity index (χ1v) is 9.25. The van der Waals surface area contributed by atoms with E-state index in [4.69, 9.17) is 9.47 Å². The first-order valence-electron chi connectivity index (χ1n) is 7.64. The zero-order valence-electron chi connectivity index (χ0n) is 12.8. The van der Waals surface area contributed by atoms with Gasteiger partial charge in [0.1, 0.15) is 6.61 Å². The standard InChI is InChI=1S/C17H11BrN4O2S/c18-15-6-5-14(25-15)10-7-8-19-17-20-16(21-22(10)17)13-9-23-11-3-1-2-4-12(11)24-13/h1-8,13H,9H2/t13-/m1/s1. The van der Waals surface area contributed by atoms with E-state index in [1.54, 1.807) is 22.0 Å². The second kappa shape index (κ2) is 5.82. The Kier molecular flexibility index (Phi) is 3.46. The van der Waals surface area contributed by atoms with Gasteiger partial charge in [-0.15, -0.1) is 16.4 Å². The molecule has 1 atom stereocenters. The van der Waals surface area contributed by atoms with Gasteiger partial charge in [0.05, 0.1) is 14.4 Å². The average molecular weight is 415 g/mol. The molecule has 1 aliphatic heterocycles. The number of fused-ring (bicyclic) bond motifs is 2. The van der Waals surface area contributed by atoms with Crippen LogP contribution >= 0.6 is 27.3 Å². The summed E-state index contributed by atoms with van der Waals surface area (Å²) in [6.45, 7) is 0.369. The van der Waals surface area contributed by atoms with Crippen molar-refractivity contribution in [1.29, 1.82) is 0 Å². The predicted molar refractivity (Wildman–Crippen MR) is 97.1 cm³/mol. The van der Waals surface area contributed by atoms with Crippen molar-refractivity contribution in [2.45, 2.75) is 6.10 Å². The van der Waals surface area contributed by atoms with Gasteiger partial charge in [0.25, 0.3) is 5.78 Å². The highest BCUT2D eigenvalue weighted by molar-refractivity contribution is 9.11. The van der Waals surface area contributed by atoms with Crippen LogP contribution in [-0.2, 0) is 0 Å². The zero-order chi connectivity index (χ0) is 16.8. The third-order valence-electron chi connectivity index (χ3n) is 3.88. The molecule has 0 bridgehead atoms. The van der Waals surface area contributed by atoms with Gasteiger partial charge in [-0.1, -0.05) is 12.1 Å². The van der Waals surface area contributed by atoms with Gasteiger partial charge in [0.15, 0.2) is 23.4 Å². The van der Waals surface area contributed by atoms with E-state index < -0.39 is 0 Å². The summed E-state index contributed by atoms with van der Waals surface area (Å²) < 4.78 is 14.6. The van der Waals surface area contributed by atoms with E-state index in [1.807, 2.05) is 42.5 Å². The highest BCUT2D eigenvalue weighted by Crippen LogP contribution is 2.35. The summed E-state index contributed by atoms with van der Waals surface area (Å²) in [5, 5.41) is 4.62. The molecule has 5 rings (SSSR count). The summed E-state index contributed by atoms with van der Waals surface area (Å²) in [6.07, 6.45) is 1.38. The van der Waals surface area contributed by atoms with Crippen molar-refractivity contribution in [1.82, 2.24) is 19.6 Å². The molecule has 4 heterocycles. The predicted octanol–water partition coefficient (Wildman–Crippen LogP) is 4.13. The first-order chi connectivity index (χ1) is 12.3. The number of thiophene rings is 1. The molecule has 25 heavy (non-hydrogen) atoms. The maximum absolute atomic E-state index is 6.00. The van der Waals surface area contributed by atoms with Gasteiger partial charge >= 0.3 is 0 Å². The number of hydrogen-bond donors (Lipinski definition) is 0. The third kappa shape index (κ3) is 2.58. The molecule has 0 N–H and O–H groups in total. The largest absolute Gasteiger partial charge is 0.485 e. The van der Waals surface area contributed by atoms with Crippen LogP contribution < -0.4 is 9.47 Å². The Hall–Kier alpha value is -2.45. The van der Waals surface area contributed by atoms with Crippen molar-refractivity contribution >= 4 is 33.0 Å². The Bertz CT molecular complexity index is 1080. The molecular formula is C17H11BrN4O2S. The molecule has 0 aliphatic carbocycles. The Balaban J connectivity index is 1.56. The maximum atomic E-state index is 6.00. The quantitative estimate of drug-likeness (QED) is 0.493. The number of ether oxygens (including phenoxy) is 2. The van der Waals surface area contributed by atoms with Gasteiger partial charge in [-0.3, -0.25) is 0 Å². The number of rotatable bonds is 2. The van der Waals surface area contributed by atoms with Crippen molar-refractivity contribution in [3.63, 3.8) is 0 Å². The van der Waals surface area contributed by atoms with Gasteiger partial charge in [-0.2, -0.15) is 9.50 Å². The summed E-state index contributed by atoms with van der Waals surface area (Å²) in [7, 11) is 0. The summed E-state index contributed by atoms with van der Waals surface area (Å²) in [5.41, 5.74) is 0.941. The molecule has 0 saturated heterocycles. The number of para-hydroxylation sites is 2. The fourth-order valence-electron chi connectivity index (χ4n) is 2.73. The fourth-order valence-corrected chi connectivity index (χ4v) is 4.13. The highest BCUT2D eigenvalue weighted by atomic mass is 79.9. The van der Waals surface area contributed by atoms with Crippen molar-refractivity contribution in [3.05, 3.63) is 58.3 Å². The van der Waals surface area contributed by atoms with Gasteiger partial charge in [0, 0.05) is 6.20 Å². The molecule has 0 fully saturated rings. The van der Waals surface area contributed by atoms with Crippen LogP contribution in [-0.4, -0.2) is 26.2 Å². The minimum atomic E-state index is -0.362. The summed E-state index contributed by atoms with van der Waals surface area (Å²) >= 11 is 5.13. The Labute approximate surface area is 155 Å². The van der Waals surface area contributed by atoms with Crippen LogP contribution in [0.15, 0.2) is 52.4 Å². The van der Waals surface area contributed by atoms with Crippen LogP contribution in [0.2, 0.25) is 0 Å². The lowest BCUT2D eigenvalue weighted by atomic mass is 10.2.